The van der Waals surface area contributed by atoms with Crippen LogP contribution in [0.2, 0.25) is 4.34 Å². The van der Waals surface area contributed by atoms with Gasteiger partial charge in [0.15, 0.2) is 0 Å². The highest BCUT2D eigenvalue weighted by Gasteiger charge is 2.31. The summed E-state index contributed by atoms with van der Waals surface area (Å²) in [7, 11) is 0. The van der Waals surface area contributed by atoms with Crippen molar-refractivity contribution in [2.45, 2.75) is 38.3 Å². The van der Waals surface area contributed by atoms with Gasteiger partial charge in [0.1, 0.15) is 4.34 Å². The Balaban J connectivity index is 1.60. The summed E-state index contributed by atoms with van der Waals surface area (Å²) in [6, 6.07) is 3.01. The molecule has 3 rings (SSSR count). The molecule has 5 heteroatoms. The van der Waals surface area contributed by atoms with Gasteiger partial charge in [-0.1, -0.05) is 11.6 Å². The van der Waals surface area contributed by atoms with Crippen LogP contribution in [0.4, 0.5) is 0 Å². The second-order valence-electron chi connectivity index (χ2n) is 5.69. The zero-order chi connectivity index (χ0) is 13.2. The van der Waals surface area contributed by atoms with Crippen LogP contribution in [0, 0.1) is 5.92 Å². The molecule has 1 saturated heterocycles. The third-order valence-electron chi connectivity index (χ3n) is 4.07. The SMILES string of the molecule is Clc1sc(CN(CC2CCNCC2)C2CC2)cc1Br. The smallest absolute Gasteiger partial charge is 0.107 e. The number of nitrogens with zero attached hydrogens (tertiary/aromatic N) is 1. The zero-order valence-corrected chi connectivity index (χ0v) is 14.2. The van der Waals surface area contributed by atoms with Crippen molar-refractivity contribution in [2.24, 2.45) is 5.92 Å². The van der Waals surface area contributed by atoms with Gasteiger partial charge in [-0.15, -0.1) is 11.3 Å². The molecule has 1 aliphatic heterocycles. The first-order valence-electron chi connectivity index (χ1n) is 7.11. The van der Waals surface area contributed by atoms with Crippen molar-refractivity contribution in [2.75, 3.05) is 19.6 Å². The minimum Gasteiger partial charge on any atom is -0.317 e. The van der Waals surface area contributed by atoms with Gasteiger partial charge in [-0.2, -0.15) is 0 Å². The Labute approximate surface area is 132 Å². The molecule has 19 heavy (non-hydrogen) atoms. The van der Waals surface area contributed by atoms with E-state index in [1.165, 1.54) is 50.2 Å². The largest absolute Gasteiger partial charge is 0.317 e. The van der Waals surface area contributed by atoms with Crippen molar-refractivity contribution >= 4 is 38.9 Å². The second kappa shape index (κ2) is 6.44. The van der Waals surface area contributed by atoms with Crippen molar-refractivity contribution in [3.05, 3.63) is 19.8 Å². The van der Waals surface area contributed by atoms with Crippen molar-refractivity contribution in [3.63, 3.8) is 0 Å². The van der Waals surface area contributed by atoms with Crippen LogP contribution in [-0.2, 0) is 6.54 Å². The lowest BCUT2D eigenvalue weighted by molar-refractivity contribution is 0.191. The highest BCUT2D eigenvalue weighted by atomic mass is 79.9. The van der Waals surface area contributed by atoms with Crippen molar-refractivity contribution < 1.29 is 0 Å². The standard InChI is InChI=1S/C14H20BrClN2S/c15-13-7-12(19-14(13)16)9-18(11-1-2-11)8-10-3-5-17-6-4-10/h7,10-11,17H,1-6,8-9H2. The van der Waals surface area contributed by atoms with Crippen LogP contribution < -0.4 is 5.32 Å². The van der Waals surface area contributed by atoms with Crippen molar-refractivity contribution in [3.8, 4) is 0 Å². The lowest BCUT2D eigenvalue weighted by Crippen LogP contribution is -2.36. The number of rotatable bonds is 5. The molecule has 0 unspecified atom stereocenters. The highest BCUT2D eigenvalue weighted by Crippen LogP contribution is 2.35. The first-order valence-corrected chi connectivity index (χ1v) is 9.09. The van der Waals surface area contributed by atoms with Crippen molar-refractivity contribution in [1.29, 1.82) is 0 Å². The lowest BCUT2D eigenvalue weighted by atomic mass is 9.97. The number of thiophene rings is 1. The fourth-order valence-corrected chi connectivity index (χ4v) is 4.66. The van der Waals surface area contributed by atoms with Crippen LogP contribution in [0.25, 0.3) is 0 Å². The molecule has 1 aromatic rings. The number of hydrogen-bond donors (Lipinski definition) is 1. The van der Waals surface area contributed by atoms with Gasteiger partial charge in [-0.25, -0.2) is 0 Å². The molecule has 0 aromatic carbocycles. The van der Waals surface area contributed by atoms with E-state index < -0.39 is 0 Å². The van der Waals surface area contributed by atoms with E-state index in [4.69, 9.17) is 11.6 Å². The number of halogens is 2. The molecule has 2 aliphatic rings. The molecule has 0 radical (unpaired) electrons. The predicted molar refractivity (Wildman–Crippen MR) is 86.1 cm³/mol. The van der Waals surface area contributed by atoms with E-state index in [2.05, 4.69) is 32.2 Å². The van der Waals surface area contributed by atoms with Gasteiger partial charge in [0.2, 0.25) is 0 Å². The van der Waals surface area contributed by atoms with Gasteiger partial charge in [0.05, 0.1) is 0 Å². The minimum atomic E-state index is 0.828. The maximum Gasteiger partial charge on any atom is 0.107 e. The highest BCUT2D eigenvalue weighted by molar-refractivity contribution is 9.10. The molecule has 1 aromatic heterocycles. The molecule has 1 N–H and O–H groups in total. The summed E-state index contributed by atoms with van der Waals surface area (Å²) in [4.78, 5) is 4.07. The van der Waals surface area contributed by atoms with Gasteiger partial charge < -0.3 is 5.32 Å². The molecule has 0 bridgehead atoms. The molecule has 2 nitrogen and oxygen atoms in total. The Morgan fingerprint density at radius 2 is 2.05 bits per heavy atom. The summed E-state index contributed by atoms with van der Waals surface area (Å²) in [6.07, 6.45) is 5.42. The fraction of sp³-hybridized carbons (Fsp3) is 0.714. The van der Waals surface area contributed by atoms with Crippen LogP contribution in [0.15, 0.2) is 10.5 Å². The minimum absolute atomic E-state index is 0.828. The van der Waals surface area contributed by atoms with E-state index in [0.29, 0.717) is 0 Å². The summed E-state index contributed by atoms with van der Waals surface area (Å²) in [5, 5.41) is 3.45. The summed E-state index contributed by atoms with van der Waals surface area (Å²) in [5.41, 5.74) is 0. The lowest BCUT2D eigenvalue weighted by Gasteiger charge is -2.29. The Morgan fingerprint density at radius 1 is 1.32 bits per heavy atom. The topological polar surface area (TPSA) is 15.3 Å². The molecule has 0 atom stereocenters. The van der Waals surface area contributed by atoms with E-state index in [0.717, 1.165) is 27.3 Å². The van der Waals surface area contributed by atoms with Crippen LogP contribution in [0.5, 0.6) is 0 Å². The summed E-state index contributed by atoms with van der Waals surface area (Å²) >= 11 is 11.4. The van der Waals surface area contributed by atoms with Gasteiger partial charge >= 0.3 is 0 Å². The maximum atomic E-state index is 6.14. The van der Waals surface area contributed by atoms with Crippen LogP contribution in [0.1, 0.15) is 30.6 Å². The van der Waals surface area contributed by atoms with E-state index >= 15 is 0 Å². The summed E-state index contributed by atoms with van der Waals surface area (Å²) < 4.78 is 1.93. The van der Waals surface area contributed by atoms with Gasteiger partial charge in [-0.05, 0) is 66.7 Å². The summed E-state index contributed by atoms with van der Waals surface area (Å²) in [5.74, 6) is 0.876. The molecule has 0 amide bonds. The molecule has 2 heterocycles. The normalized spacial score (nSPS) is 21.2. The molecule has 2 fully saturated rings. The Morgan fingerprint density at radius 3 is 2.63 bits per heavy atom. The fourth-order valence-electron chi connectivity index (χ4n) is 2.85. The Hall–Kier alpha value is 0.390. The average molecular weight is 364 g/mol. The number of piperidine rings is 1. The van der Waals surface area contributed by atoms with Crippen LogP contribution in [0.3, 0.4) is 0 Å². The Kier molecular flexibility index (Phi) is 4.86. The van der Waals surface area contributed by atoms with Gasteiger partial charge in [0.25, 0.3) is 0 Å². The van der Waals surface area contributed by atoms with E-state index in [9.17, 15) is 0 Å². The molecule has 1 aliphatic carbocycles. The summed E-state index contributed by atoms with van der Waals surface area (Å²) in [6.45, 7) is 4.73. The average Bonchev–Trinajstić information content (AvgIpc) is 3.18. The number of hydrogen-bond acceptors (Lipinski definition) is 3. The molecular formula is C14H20BrClN2S. The van der Waals surface area contributed by atoms with Crippen LogP contribution >= 0.6 is 38.9 Å². The second-order valence-corrected chi connectivity index (χ2v) is 8.28. The monoisotopic (exact) mass is 362 g/mol. The molecule has 106 valence electrons. The zero-order valence-electron chi connectivity index (χ0n) is 11.0. The van der Waals surface area contributed by atoms with Gasteiger partial charge in [-0.3, -0.25) is 4.90 Å². The van der Waals surface area contributed by atoms with E-state index in [-0.39, 0.29) is 0 Å². The van der Waals surface area contributed by atoms with Crippen molar-refractivity contribution in [1.82, 2.24) is 10.2 Å². The van der Waals surface area contributed by atoms with Crippen LogP contribution in [-0.4, -0.2) is 30.6 Å². The molecular weight excluding hydrogens is 344 g/mol. The number of nitrogens with one attached hydrogen (secondary N) is 1. The third-order valence-corrected chi connectivity index (χ3v) is 6.53. The predicted octanol–water partition coefficient (Wildman–Crippen LogP) is 4.13. The van der Waals surface area contributed by atoms with Gasteiger partial charge in [0, 0.05) is 28.5 Å². The quantitative estimate of drug-likeness (QED) is 0.846. The first kappa shape index (κ1) is 14.3. The molecule has 1 saturated carbocycles. The Bertz CT molecular complexity index is 408. The van der Waals surface area contributed by atoms with E-state index in [1.54, 1.807) is 11.3 Å². The maximum absolute atomic E-state index is 6.14. The third kappa shape index (κ3) is 3.94. The van der Waals surface area contributed by atoms with E-state index in [1.807, 2.05) is 0 Å². The molecule has 0 spiro atoms. The first-order chi connectivity index (χ1) is 9.22.